The molecule has 1 aromatic heterocycles. The first-order chi connectivity index (χ1) is 10.7. The summed E-state index contributed by atoms with van der Waals surface area (Å²) < 4.78 is 5.57. The fourth-order valence-corrected chi connectivity index (χ4v) is 1.94. The molecule has 2 rings (SSSR count). The average Bonchev–Trinajstić information content (AvgIpc) is 2.52. The topological polar surface area (TPSA) is 62.6 Å². The molecule has 114 valence electrons. The summed E-state index contributed by atoms with van der Waals surface area (Å²) in [5.74, 6) is 6.61. The van der Waals surface area contributed by atoms with Gasteiger partial charge in [-0.05, 0) is 30.2 Å². The molecule has 2 aromatic rings. The molecule has 1 heterocycles. The van der Waals surface area contributed by atoms with E-state index in [0.29, 0.717) is 18.1 Å². The minimum atomic E-state index is 0.0505. The van der Waals surface area contributed by atoms with E-state index in [2.05, 4.69) is 23.7 Å². The van der Waals surface area contributed by atoms with Crippen molar-refractivity contribution in [2.75, 3.05) is 6.61 Å². The van der Waals surface area contributed by atoms with Gasteiger partial charge in [-0.3, -0.25) is 0 Å². The zero-order valence-electron chi connectivity index (χ0n) is 12.5. The normalized spacial score (nSPS) is 9.91. The van der Waals surface area contributed by atoms with Crippen molar-refractivity contribution < 1.29 is 14.9 Å². The Kier molecular flexibility index (Phi) is 5.81. The Morgan fingerprint density at radius 3 is 2.73 bits per heavy atom. The first-order valence-electron chi connectivity index (χ1n) is 7.28. The summed E-state index contributed by atoms with van der Waals surface area (Å²) in [7, 11) is 0. The van der Waals surface area contributed by atoms with Crippen LogP contribution in [0.5, 0.6) is 17.4 Å². The SMILES string of the molecule is CCCc1ccc(Oc2ccc(C#CCCO)cn2)c(O)c1. The minimum Gasteiger partial charge on any atom is -0.504 e. The van der Waals surface area contributed by atoms with Crippen molar-refractivity contribution in [3.05, 3.63) is 47.7 Å². The Morgan fingerprint density at radius 2 is 2.09 bits per heavy atom. The van der Waals surface area contributed by atoms with Crippen LogP contribution in [0.2, 0.25) is 0 Å². The highest BCUT2D eigenvalue weighted by molar-refractivity contribution is 5.44. The molecule has 0 amide bonds. The highest BCUT2D eigenvalue weighted by atomic mass is 16.5. The second-order valence-electron chi connectivity index (χ2n) is 4.81. The number of benzene rings is 1. The molecule has 0 saturated heterocycles. The van der Waals surface area contributed by atoms with Crippen LogP contribution in [-0.4, -0.2) is 21.8 Å². The number of hydrogen-bond donors (Lipinski definition) is 2. The summed E-state index contributed by atoms with van der Waals surface area (Å²) in [5, 5.41) is 18.6. The van der Waals surface area contributed by atoms with E-state index in [1.54, 1.807) is 30.5 Å². The summed E-state index contributed by atoms with van der Waals surface area (Å²) >= 11 is 0. The van der Waals surface area contributed by atoms with Gasteiger partial charge in [-0.25, -0.2) is 4.98 Å². The molecule has 0 atom stereocenters. The van der Waals surface area contributed by atoms with Gasteiger partial charge in [0.25, 0.3) is 0 Å². The summed E-state index contributed by atoms with van der Waals surface area (Å²) in [6, 6.07) is 8.88. The van der Waals surface area contributed by atoms with Crippen LogP contribution in [0.4, 0.5) is 0 Å². The second-order valence-corrected chi connectivity index (χ2v) is 4.81. The second kappa shape index (κ2) is 8.06. The van der Waals surface area contributed by atoms with Crippen molar-refractivity contribution in [1.29, 1.82) is 0 Å². The fourth-order valence-electron chi connectivity index (χ4n) is 1.94. The van der Waals surface area contributed by atoms with Crippen molar-refractivity contribution in [3.63, 3.8) is 0 Å². The van der Waals surface area contributed by atoms with Crippen molar-refractivity contribution >= 4 is 0 Å². The van der Waals surface area contributed by atoms with E-state index in [-0.39, 0.29) is 12.4 Å². The lowest BCUT2D eigenvalue weighted by Crippen LogP contribution is -1.90. The van der Waals surface area contributed by atoms with Crippen LogP contribution in [0.1, 0.15) is 30.9 Å². The number of phenolic OH excluding ortho intramolecular Hbond substituents is 1. The van der Waals surface area contributed by atoms with E-state index in [0.717, 1.165) is 24.0 Å². The van der Waals surface area contributed by atoms with Crippen LogP contribution in [0, 0.1) is 11.8 Å². The molecule has 4 heteroatoms. The van der Waals surface area contributed by atoms with Gasteiger partial charge in [-0.15, -0.1) is 0 Å². The number of nitrogens with zero attached hydrogens (tertiary/aromatic N) is 1. The molecule has 2 N–H and O–H groups in total. The summed E-state index contributed by atoms with van der Waals surface area (Å²) in [5.41, 5.74) is 1.83. The van der Waals surface area contributed by atoms with Crippen LogP contribution >= 0.6 is 0 Å². The molecular weight excluding hydrogens is 278 g/mol. The molecule has 4 nitrogen and oxygen atoms in total. The lowest BCUT2D eigenvalue weighted by atomic mass is 10.1. The lowest BCUT2D eigenvalue weighted by Gasteiger charge is -2.08. The standard InChI is InChI=1S/C18H19NO3/c1-2-5-14-7-9-17(16(21)12-14)22-18-10-8-15(13-19-18)6-3-4-11-20/h7-10,12-13,20-21H,2,4-5,11H2,1H3. The van der Waals surface area contributed by atoms with Crippen LogP contribution in [0.25, 0.3) is 0 Å². The predicted molar refractivity (Wildman–Crippen MR) is 85.0 cm³/mol. The van der Waals surface area contributed by atoms with Gasteiger partial charge in [0, 0.05) is 24.2 Å². The highest BCUT2D eigenvalue weighted by Crippen LogP contribution is 2.30. The van der Waals surface area contributed by atoms with Gasteiger partial charge < -0.3 is 14.9 Å². The highest BCUT2D eigenvalue weighted by Gasteiger charge is 2.06. The monoisotopic (exact) mass is 297 g/mol. The fraction of sp³-hybridized carbons (Fsp3) is 0.278. The molecule has 1 aromatic carbocycles. The largest absolute Gasteiger partial charge is 0.504 e. The number of aromatic nitrogens is 1. The molecule has 0 radical (unpaired) electrons. The number of aliphatic hydroxyl groups excluding tert-OH is 1. The number of aliphatic hydroxyl groups is 1. The Bertz CT molecular complexity index is 669. The Balaban J connectivity index is 2.06. The van der Waals surface area contributed by atoms with Gasteiger partial charge in [0.2, 0.25) is 5.88 Å². The average molecular weight is 297 g/mol. The third-order valence-electron chi connectivity index (χ3n) is 2.98. The Hall–Kier alpha value is -2.51. The van der Waals surface area contributed by atoms with Gasteiger partial charge in [-0.2, -0.15) is 0 Å². The van der Waals surface area contributed by atoms with Gasteiger partial charge in [0.05, 0.1) is 6.61 Å². The number of pyridine rings is 1. The zero-order chi connectivity index (χ0) is 15.8. The molecule has 0 bridgehead atoms. The summed E-state index contributed by atoms with van der Waals surface area (Å²) in [4.78, 5) is 4.15. The van der Waals surface area contributed by atoms with E-state index in [1.165, 1.54) is 0 Å². The van der Waals surface area contributed by atoms with E-state index in [4.69, 9.17) is 9.84 Å². The molecule has 0 spiro atoms. The van der Waals surface area contributed by atoms with Crippen LogP contribution in [0.3, 0.4) is 0 Å². The van der Waals surface area contributed by atoms with Crippen LogP contribution in [0.15, 0.2) is 36.5 Å². The molecule has 0 aliphatic carbocycles. The van der Waals surface area contributed by atoms with E-state index in [9.17, 15) is 5.11 Å². The van der Waals surface area contributed by atoms with Crippen LogP contribution < -0.4 is 4.74 Å². The van der Waals surface area contributed by atoms with Crippen LogP contribution in [-0.2, 0) is 6.42 Å². The maximum Gasteiger partial charge on any atom is 0.219 e. The Morgan fingerprint density at radius 1 is 1.23 bits per heavy atom. The van der Waals surface area contributed by atoms with Crippen molar-refractivity contribution in [2.45, 2.75) is 26.2 Å². The molecular formula is C18H19NO3. The summed E-state index contributed by atoms with van der Waals surface area (Å²) in [6.45, 7) is 2.14. The lowest BCUT2D eigenvalue weighted by molar-refractivity contribution is 0.305. The molecule has 0 aliphatic heterocycles. The van der Waals surface area contributed by atoms with Gasteiger partial charge in [0.15, 0.2) is 11.5 Å². The third kappa shape index (κ3) is 4.51. The van der Waals surface area contributed by atoms with E-state index in [1.807, 2.05) is 6.07 Å². The first kappa shape index (κ1) is 15.9. The molecule has 0 aliphatic rings. The number of rotatable bonds is 5. The third-order valence-corrected chi connectivity index (χ3v) is 2.98. The van der Waals surface area contributed by atoms with Crippen molar-refractivity contribution in [2.24, 2.45) is 0 Å². The number of phenols is 1. The number of aromatic hydroxyl groups is 1. The Labute approximate surface area is 130 Å². The van der Waals surface area contributed by atoms with Crippen molar-refractivity contribution in [1.82, 2.24) is 4.98 Å². The van der Waals surface area contributed by atoms with Gasteiger partial charge in [0.1, 0.15) is 0 Å². The minimum absolute atomic E-state index is 0.0505. The predicted octanol–water partition coefficient (Wildman–Crippen LogP) is 3.27. The van der Waals surface area contributed by atoms with Gasteiger partial charge in [-0.1, -0.05) is 31.3 Å². The maximum atomic E-state index is 9.98. The summed E-state index contributed by atoms with van der Waals surface area (Å²) in [6.07, 6.45) is 3.99. The first-order valence-corrected chi connectivity index (χ1v) is 7.28. The van der Waals surface area contributed by atoms with E-state index >= 15 is 0 Å². The molecule has 0 unspecified atom stereocenters. The van der Waals surface area contributed by atoms with Gasteiger partial charge >= 0.3 is 0 Å². The number of aryl methyl sites for hydroxylation is 1. The quantitative estimate of drug-likeness (QED) is 0.831. The van der Waals surface area contributed by atoms with Crippen molar-refractivity contribution in [3.8, 4) is 29.2 Å². The molecule has 0 saturated carbocycles. The number of ether oxygens (including phenoxy) is 1. The zero-order valence-corrected chi connectivity index (χ0v) is 12.5. The maximum absolute atomic E-state index is 9.98. The number of hydrogen-bond acceptors (Lipinski definition) is 4. The smallest absolute Gasteiger partial charge is 0.219 e. The molecule has 22 heavy (non-hydrogen) atoms. The van der Waals surface area contributed by atoms with E-state index < -0.39 is 0 Å². The molecule has 0 fully saturated rings.